The van der Waals surface area contributed by atoms with Crippen molar-refractivity contribution in [3.63, 3.8) is 0 Å². The van der Waals surface area contributed by atoms with E-state index < -0.39 is 0 Å². The lowest BCUT2D eigenvalue weighted by Gasteiger charge is -2.36. The maximum atomic E-state index is 13.4. The van der Waals surface area contributed by atoms with Crippen molar-refractivity contribution in [2.45, 2.75) is 71.3 Å². The van der Waals surface area contributed by atoms with Crippen LogP contribution in [0.15, 0.2) is 29.3 Å². The molecule has 2 N–H and O–H groups in total. The molecule has 3 aromatic rings. The topological polar surface area (TPSA) is 108 Å². The molecule has 10 heteroatoms. The van der Waals surface area contributed by atoms with E-state index in [0.717, 1.165) is 69.5 Å². The highest BCUT2D eigenvalue weighted by Crippen LogP contribution is 2.32. The predicted molar refractivity (Wildman–Crippen MR) is 165 cm³/mol. The van der Waals surface area contributed by atoms with Gasteiger partial charge < -0.3 is 15.5 Å². The average molecular weight is 561 g/mol. The molecule has 5 rings (SSSR count). The van der Waals surface area contributed by atoms with Crippen molar-refractivity contribution in [3.05, 3.63) is 46.0 Å². The van der Waals surface area contributed by atoms with Crippen molar-refractivity contribution in [1.82, 2.24) is 29.7 Å². The van der Waals surface area contributed by atoms with Gasteiger partial charge in [-0.05, 0) is 77.4 Å². The number of nitrogens with zero attached hydrogens (tertiary/aromatic N) is 6. The van der Waals surface area contributed by atoms with Gasteiger partial charge in [-0.25, -0.2) is 9.97 Å². The van der Waals surface area contributed by atoms with E-state index in [2.05, 4.69) is 36.5 Å². The fourth-order valence-electron chi connectivity index (χ4n) is 6.29. The molecule has 0 unspecified atom stereocenters. The fourth-order valence-corrected chi connectivity index (χ4v) is 6.29. The van der Waals surface area contributed by atoms with Gasteiger partial charge in [0, 0.05) is 43.8 Å². The smallest absolute Gasteiger partial charge is 0.263 e. The third-order valence-corrected chi connectivity index (χ3v) is 8.63. The lowest BCUT2D eigenvalue weighted by Crippen LogP contribution is -2.46. The molecule has 0 spiro atoms. The minimum atomic E-state index is -0.244. The van der Waals surface area contributed by atoms with Gasteiger partial charge >= 0.3 is 0 Å². The van der Waals surface area contributed by atoms with Gasteiger partial charge in [-0.3, -0.25) is 19.1 Å². The number of Topliss-reactive ketones (excluding diaryl/α,β-unsaturated/α-hetero) is 1. The van der Waals surface area contributed by atoms with Crippen molar-refractivity contribution in [2.75, 3.05) is 56.5 Å². The molecule has 220 valence electrons. The van der Waals surface area contributed by atoms with Crippen molar-refractivity contribution in [2.24, 2.45) is 0 Å². The summed E-state index contributed by atoms with van der Waals surface area (Å²) in [6.45, 7) is 9.72. The second-order valence-electron chi connectivity index (χ2n) is 11.5. The summed E-state index contributed by atoms with van der Waals surface area (Å²) in [7, 11) is 2.02. The lowest BCUT2D eigenvalue weighted by atomic mass is 10.0. The molecule has 1 saturated heterocycles. The van der Waals surface area contributed by atoms with Crippen molar-refractivity contribution < 1.29 is 4.79 Å². The Hall–Kier alpha value is -3.37. The van der Waals surface area contributed by atoms with E-state index in [-0.39, 0.29) is 22.9 Å². The molecule has 41 heavy (non-hydrogen) atoms. The highest BCUT2D eigenvalue weighted by molar-refractivity contribution is 5.99. The molecule has 0 atom stereocenters. The SMILES string of the molecule is CNCCCCCCN1CCN(c2ccc(Nc3ncc4c(C)c(C(C)=O)c(=O)n(C5CCCC5)c4n3)nc2)CC1. The first-order valence-corrected chi connectivity index (χ1v) is 15.2. The minimum absolute atomic E-state index is 0.0488. The second kappa shape index (κ2) is 13.5. The summed E-state index contributed by atoms with van der Waals surface area (Å²) in [5.74, 6) is 0.820. The minimum Gasteiger partial charge on any atom is -0.368 e. The molecule has 0 radical (unpaired) electrons. The number of rotatable bonds is 12. The molecule has 3 aromatic heterocycles. The van der Waals surface area contributed by atoms with Crippen LogP contribution in [0.4, 0.5) is 17.5 Å². The van der Waals surface area contributed by atoms with Gasteiger partial charge in [-0.15, -0.1) is 0 Å². The summed E-state index contributed by atoms with van der Waals surface area (Å²) >= 11 is 0. The van der Waals surface area contributed by atoms with E-state index in [4.69, 9.17) is 4.98 Å². The maximum absolute atomic E-state index is 13.4. The Balaban J connectivity index is 1.24. The molecular formula is C31H44N8O2. The predicted octanol–water partition coefficient (Wildman–Crippen LogP) is 4.46. The highest BCUT2D eigenvalue weighted by Gasteiger charge is 2.26. The molecule has 4 heterocycles. The fraction of sp³-hybridized carbons (Fsp3) is 0.581. The molecule has 10 nitrogen and oxygen atoms in total. The third-order valence-electron chi connectivity index (χ3n) is 8.63. The Bertz CT molecular complexity index is 1390. The van der Waals surface area contributed by atoms with Crippen LogP contribution in [-0.4, -0.2) is 76.5 Å². The zero-order valence-corrected chi connectivity index (χ0v) is 24.8. The number of aromatic nitrogens is 4. The van der Waals surface area contributed by atoms with Crippen molar-refractivity contribution in [1.29, 1.82) is 0 Å². The Labute approximate surface area is 242 Å². The van der Waals surface area contributed by atoms with Gasteiger partial charge in [0.25, 0.3) is 5.56 Å². The second-order valence-corrected chi connectivity index (χ2v) is 11.5. The van der Waals surface area contributed by atoms with Gasteiger partial charge in [0.1, 0.15) is 11.5 Å². The number of ketones is 1. The molecule has 1 aliphatic carbocycles. The van der Waals surface area contributed by atoms with E-state index in [1.54, 1.807) is 10.8 Å². The molecule has 2 fully saturated rings. The molecular weight excluding hydrogens is 516 g/mol. The summed E-state index contributed by atoms with van der Waals surface area (Å²) in [6, 6.07) is 4.09. The number of pyridine rings is 2. The van der Waals surface area contributed by atoms with Crippen LogP contribution in [-0.2, 0) is 0 Å². The quantitative estimate of drug-likeness (QED) is 0.245. The standard InChI is InChI=1S/C31H44N8O2/c1-22-26-21-34-31(36-29(26)39(24-10-6-7-11-24)30(41)28(22)23(2)40)35-27-13-12-25(20-33-27)38-18-16-37(17-19-38)15-9-5-4-8-14-32-3/h12-13,20-21,24,32H,4-11,14-19H2,1-3H3,(H,33,34,35,36). The number of fused-ring (bicyclic) bond motifs is 1. The Morgan fingerprint density at radius 1 is 1.00 bits per heavy atom. The van der Waals surface area contributed by atoms with E-state index in [1.165, 1.54) is 39.2 Å². The number of hydrogen-bond acceptors (Lipinski definition) is 9. The molecule has 1 aliphatic heterocycles. The van der Waals surface area contributed by atoms with Crippen molar-refractivity contribution >= 4 is 34.3 Å². The van der Waals surface area contributed by atoms with Gasteiger partial charge in [0.2, 0.25) is 5.95 Å². The van der Waals surface area contributed by atoms with Crippen LogP contribution in [0.25, 0.3) is 11.0 Å². The third kappa shape index (κ3) is 6.76. The van der Waals surface area contributed by atoms with Crippen LogP contribution in [0.5, 0.6) is 0 Å². The molecule has 0 bridgehead atoms. The first-order valence-electron chi connectivity index (χ1n) is 15.2. The Morgan fingerprint density at radius 2 is 1.76 bits per heavy atom. The highest BCUT2D eigenvalue weighted by atomic mass is 16.1. The normalized spacial score (nSPS) is 16.5. The summed E-state index contributed by atoms with van der Waals surface area (Å²) < 4.78 is 1.74. The van der Waals surface area contributed by atoms with Gasteiger partial charge in [0.15, 0.2) is 5.78 Å². The number of piperazine rings is 1. The molecule has 2 aliphatic rings. The molecule has 1 saturated carbocycles. The first-order chi connectivity index (χ1) is 20.0. The Morgan fingerprint density at radius 3 is 2.44 bits per heavy atom. The number of carbonyl (C=O) groups excluding carboxylic acids is 1. The van der Waals surface area contributed by atoms with Gasteiger partial charge in [-0.1, -0.05) is 25.7 Å². The van der Waals surface area contributed by atoms with Crippen molar-refractivity contribution in [3.8, 4) is 0 Å². The van der Waals surface area contributed by atoms with E-state index in [9.17, 15) is 9.59 Å². The van der Waals surface area contributed by atoms with E-state index in [0.29, 0.717) is 23.0 Å². The zero-order chi connectivity index (χ0) is 28.8. The van der Waals surface area contributed by atoms with E-state index >= 15 is 0 Å². The first kappa shape index (κ1) is 29.1. The van der Waals surface area contributed by atoms with Crippen LogP contribution in [0, 0.1) is 6.92 Å². The van der Waals surface area contributed by atoms with Gasteiger partial charge in [-0.2, -0.15) is 4.98 Å². The van der Waals surface area contributed by atoms with Crippen LogP contribution in [0.3, 0.4) is 0 Å². The number of unbranched alkanes of at least 4 members (excludes halogenated alkanes) is 3. The summed E-state index contributed by atoms with van der Waals surface area (Å²) in [6.07, 6.45) is 12.7. The van der Waals surface area contributed by atoms with Crippen LogP contribution >= 0.6 is 0 Å². The summed E-state index contributed by atoms with van der Waals surface area (Å²) in [4.78, 5) is 44.7. The largest absolute Gasteiger partial charge is 0.368 e. The zero-order valence-electron chi connectivity index (χ0n) is 24.8. The Kier molecular flexibility index (Phi) is 9.61. The number of nitrogens with one attached hydrogen (secondary N) is 2. The lowest BCUT2D eigenvalue weighted by molar-refractivity contribution is 0.101. The number of aryl methyl sites for hydroxylation is 1. The molecule has 0 amide bonds. The average Bonchev–Trinajstić information content (AvgIpc) is 3.50. The van der Waals surface area contributed by atoms with Crippen LogP contribution in [0.2, 0.25) is 0 Å². The van der Waals surface area contributed by atoms with Crippen LogP contribution in [0.1, 0.15) is 80.3 Å². The van der Waals surface area contributed by atoms with Crippen LogP contribution < -0.4 is 21.1 Å². The number of carbonyl (C=O) groups is 1. The summed E-state index contributed by atoms with van der Waals surface area (Å²) in [5.41, 5.74) is 2.34. The monoisotopic (exact) mass is 560 g/mol. The molecule has 0 aromatic carbocycles. The number of anilines is 3. The summed E-state index contributed by atoms with van der Waals surface area (Å²) in [5, 5.41) is 7.18. The number of hydrogen-bond donors (Lipinski definition) is 2. The van der Waals surface area contributed by atoms with E-state index in [1.807, 2.05) is 26.2 Å². The maximum Gasteiger partial charge on any atom is 0.263 e. The van der Waals surface area contributed by atoms with Gasteiger partial charge in [0.05, 0.1) is 17.4 Å².